The first-order valence-corrected chi connectivity index (χ1v) is 11.6. The summed E-state index contributed by atoms with van der Waals surface area (Å²) < 4.78 is 2.14. The van der Waals surface area contributed by atoms with Gasteiger partial charge in [0.15, 0.2) is 0 Å². The number of pyridine rings is 2. The van der Waals surface area contributed by atoms with E-state index in [0.717, 1.165) is 73.1 Å². The minimum absolute atomic E-state index is 0.168. The zero-order valence-electron chi connectivity index (χ0n) is 18.8. The maximum atomic E-state index is 9.74. The summed E-state index contributed by atoms with van der Waals surface area (Å²) in [5.41, 5.74) is 9.32. The summed E-state index contributed by atoms with van der Waals surface area (Å²) in [4.78, 5) is 11.6. The van der Waals surface area contributed by atoms with Gasteiger partial charge in [0.1, 0.15) is 11.5 Å². The molecule has 7 heteroatoms. The normalized spacial score (nSPS) is 16.4. The van der Waals surface area contributed by atoms with Gasteiger partial charge in [-0.15, -0.1) is 0 Å². The zero-order chi connectivity index (χ0) is 22.4. The summed E-state index contributed by atoms with van der Waals surface area (Å²) in [7, 11) is 0. The Morgan fingerprint density at radius 2 is 1.82 bits per heavy atom. The molecular weight excluding hydrogens is 412 g/mol. The first-order valence-electron chi connectivity index (χ1n) is 11.6. The number of fused-ring (bicyclic) bond motifs is 2. The Balaban J connectivity index is 1.29. The average molecular weight is 441 g/mol. The van der Waals surface area contributed by atoms with Gasteiger partial charge in [-0.25, -0.2) is 9.97 Å². The molecule has 3 aromatic heterocycles. The van der Waals surface area contributed by atoms with Crippen molar-refractivity contribution >= 4 is 22.8 Å². The van der Waals surface area contributed by atoms with E-state index in [-0.39, 0.29) is 6.10 Å². The van der Waals surface area contributed by atoms with Crippen molar-refractivity contribution in [1.82, 2.24) is 19.7 Å². The van der Waals surface area contributed by atoms with E-state index in [2.05, 4.69) is 73.4 Å². The lowest BCUT2D eigenvalue weighted by Gasteiger charge is -2.31. The molecule has 4 aromatic rings. The van der Waals surface area contributed by atoms with Crippen molar-refractivity contribution in [3.63, 3.8) is 0 Å². The van der Waals surface area contributed by atoms with Gasteiger partial charge in [-0.2, -0.15) is 0 Å². The predicted octanol–water partition coefficient (Wildman–Crippen LogP) is 4.01. The summed E-state index contributed by atoms with van der Waals surface area (Å²) >= 11 is 0. The number of aromatic nitrogens is 3. The SMILES string of the molecule is Cc1cnc2c(-c3ccc(Nc4ccc(N5CCC(O)CC5)cn4)c4c3CNC4)cccn12. The molecule has 3 N–H and O–H groups in total. The highest BCUT2D eigenvalue weighted by atomic mass is 16.3. The molecule has 1 aromatic carbocycles. The molecular formula is C26H28N6O. The summed E-state index contributed by atoms with van der Waals surface area (Å²) in [6.45, 7) is 5.50. The molecule has 1 fully saturated rings. The average Bonchev–Trinajstić information content (AvgIpc) is 3.48. The topological polar surface area (TPSA) is 77.7 Å². The molecule has 33 heavy (non-hydrogen) atoms. The monoisotopic (exact) mass is 440 g/mol. The third kappa shape index (κ3) is 3.63. The third-order valence-corrected chi connectivity index (χ3v) is 6.89. The molecule has 5 heterocycles. The van der Waals surface area contributed by atoms with Crippen molar-refractivity contribution in [3.8, 4) is 11.1 Å². The van der Waals surface area contributed by atoms with Crippen molar-refractivity contribution in [3.05, 3.63) is 71.8 Å². The van der Waals surface area contributed by atoms with Crippen LogP contribution in [0.1, 0.15) is 29.7 Å². The van der Waals surface area contributed by atoms with E-state index in [1.165, 1.54) is 16.7 Å². The number of benzene rings is 1. The van der Waals surface area contributed by atoms with Crippen LogP contribution in [0, 0.1) is 6.92 Å². The lowest BCUT2D eigenvalue weighted by Crippen LogP contribution is -2.35. The number of aliphatic hydroxyl groups is 1. The Morgan fingerprint density at radius 1 is 0.970 bits per heavy atom. The maximum Gasteiger partial charge on any atom is 0.144 e. The van der Waals surface area contributed by atoms with Gasteiger partial charge in [-0.3, -0.25) is 0 Å². The second-order valence-corrected chi connectivity index (χ2v) is 8.98. The van der Waals surface area contributed by atoms with Gasteiger partial charge >= 0.3 is 0 Å². The number of nitrogens with zero attached hydrogens (tertiary/aromatic N) is 4. The van der Waals surface area contributed by atoms with Gasteiger partial charge in [-0.1, -0.05) is 6.07 Å². The number of piperidine rings is 1. The zero-order valence-corrected chi connectivity index (χ0v) is 18.8. The van der Waals surface area contributed by atoms with Crippen LogP contribution < -0.4 is 15.5 Å². The fourth-order valence-electron chi connectivity index (χ4n) is 5.03. The van der Waals surface area contributed by atoms with E-state index in [1.54, 1.807) is 0 Å². The standard InChI is InChI=1S/C26H28N6O/c1-17-13-29-26-21(3-2-10-32(17)26)20-5-6-24(23-16-27-15-22(20)23)30-25-7-4-18(14-28-25)31-11-8-19(33)9-12-31/h2-7,10,13-14,19,27,33H,8-9,11-12,15-16H2,1H3,(H,28,30). The molecule has 0 amide bonds. The maximum absolute atomic E-state index is 9.74. The predicted molar refractivity (Wildman–Crippen MR) is 131 cm³/mol. The van der Waals surface area contributed by atoms with Crippen LogP contribution in [0.3, 0.4) is 0 Å². The van der Waals surface area contributed by atoms with Gasteiger partial charge < -0.3 is 25.0 Å². The molecule has 0 unspecified atom stereocenters. The van der Waals surface area contributed by atoms with Gasteiger partial charge in [0.05, 0.1) is 18.0 Å². The summed E-state index contributed by atoms with van der Waals surface area (Å²) in [5.74, 6) is 0.837. The Bertz CT molecular complexity index is 1300. The van der Waals surface area contributed by atoms with Crippen LogP contribution in [0.2, 0.25) is 0 Å². The summed E-state index contributed by atoms with van der Waals surface area (Å²) in [6.07, 6.45) is 7.38. The molecule has 2 aliphatic rings. The second kappa shape index (κ2) is 8.17. The molecule has 0 atom stereocenters. The lowest BCUT2D eigenvalue weighted by molar-refractivity contribution is 0.145. The van der Waals surface area contributed by atoms with Crippen LogP contribution in [0.25, 0.3) is 16.8 Å². The number of rotatable bonds is 4. The van der Waals surface area contributed by atoms with E-state index >= 15 is 0 Å². The number of aryl methyl sites for hydroxylation is 1. The number of hydrogen-bond acceptors (Lipinski definition) is 6. The van der Waals surface area contributed by atoms with Crippen LogP contribution in [0.15, 0.2) is 55.0 Å². The number of aliphatic hydroxyl groups excluding tert-OH is 1. The second-order valence-electron chi connectivity index (χ2n) is 8.98. The molecule has 7 nitrogen and oxygen atoms in total. The number of imidazole rings is 1. The van der Waals surface area contributed by atoms with Gasteiger partial charge in [0.2, 0.25) is 0 Å². The van der Waals surface area contributed by atoms with Crippen molar-refractivity contribution in [1.29, 1.82) is 0 Å². The van der Waals surface area contributed by atoms with Crippen LogP contribution >= 0.6 is 0 Å². The largest absolute Gasteiger partial charge is 0.393 e. The summed E-state index contributed by atoms with van der Waals surface area (Å²) in [6, 6.07) is 12.7. The molecule has 168 valence electrons. The molecule has 0 radical (unpaired) electrons. The molecule has 0 aliphatic carbocycles. The highest BCUT2D eigenvalue weighted by molar-refractivity contribution is 5.83. The van der Waals surface area contributed by atoms with Crippen molar-refractivity contribution in [2.24, 2.45) is 0 Å². The van der Waals surface area contributed by atoms with Crippen molar-refractivity contribution in [2.75, 3.05) is 23.3 Å². The van der Waals surface area contributed by atoms with E-state index in [1.807, 2.05) is 18.5 Å². The minimum Gasteiger partial charge on any atom is -0.393 e. The summed E-state index contributed by atoms with van der Waals surface area (Å²) in [5, 5.41) is 16.8. The minimum atomic E-state index is -0.168. The van der Waals surface area contributed by atoms with Crippen LogP contribution in [0.5, 0.6) is 0 Å². The van der Waals surface area contributed by atoms with Crippen LogP contribution in [-0.4, -0.2) is 38.7 Å². The highest BCUT2D eigenvalue weighted by Gasteiger charge is 2.21. The van der Waals surface area contributed by atoms with E-state index in [4.69, 9.17) is 0 Å². The van der Waals surface area contributed by atoms with Crippen LogP contribution in [-0.2, 0) is 13.1 Å². The van der Waals surface area contributed by atoms with E-state index < -0.39 is 0 Å². The smallest absolute Gasteiger partial charge is 0.144 e. The number of anilines is 3. The lowest BCUT2D eigenvalue weighted by atomic mass is 9.96. The Morgan fingerprint density at radius 3 is 2.64 bits per heavy atom. The van der Waals surface area contributed by atoms with Gasteiger partial charge in [0.25, 0.3) is 0 Å². The number of hydrogen-bond donors (Lipinski definition) is 3. The molecule has 1 saturated heterocycles. The van der Waals surface area contributed by atoms with Crippen LogP contribution in [0.4, 0.5) is 17.2 Å². The first-order chi connectivity index (χ1) is 16.2. The molecule has 0 spiro atoms. The van der Waals surface area contributed by atoms with E-state index in [0.29, 0.717) is 0 Å². The fraction of sp³-hybridized carbons (Fsp3) is 0.308. The molecule has 0 saturated carbocycles. The van der Waals surface area contributed by atoms with Gasteiger partial charge in [0, 0.05) is 55.5 Å². The quantitative estimate of drug-likeness (QED) is 0.445. The molecule has 2 aliphatic heterocycles. The Labute approximate surface area is 193 Å². The van der Waals surface area contributed by atoms with E-state index in [9.17, 15) is 5.11 Å². The molecule has 6 rings (SSSR count). The van der Waals surface area contributed by atoms with Gasteiger partial charge in [-0.05, 0) is 66.8 Å². The highest BCUT2D eigenvalue weighted by Crippen LogP contribution is 2.36. The third-order valence-electron chi connectivity index (χ3n) is 6.89. The first kappa shape index (κ1) is 20.2. The van der Waals surface area contributed by atoms with Crippen molar-refractivity contribution < 1.29 is 5.11 Å². The fourth-order valence-corrected chi connectivity index (χ4v) is 5.03. The van der Waals surface area contributed by atoms with Crippen molar-refractivity contribution in [2.45, 2.75) is 39.0 Å². The Kier molecular flexibility index (Phi) is 5.00. The molecule has 0 bridgehead atoms. The Hall–Kier alpha value is -3.42. The number of nitrogens with one attached hydrogen (secondary N) is 2.